The van der Waals surface area contributed by atoms with Crippen molar-refractivity contribution in [3.05, 3.63) is 12.5 Å². The lowest BCUT2D eigenvalue weighted by Crippen LogP contribution is -2.21. The van der Waals surface area contributed by atoms with Crippen molar-refractivity contribution in [1.82, 2.24) is 0 Å². The third-order valence-corrected chi connectivity index (χ3v) is 1.53. The van der Waals surface area contributed by atoms with Crippen LogP contribution in [0.15, 0.2) is 12.5 Å². The summed E-state index contributed by atoms with van der Waals surface area (Å²) in [4.78, 5) is 0. The highest BCUT2D eigenvalue weighted by Crippen LogP contribution is 2.13. The van der Waals surface area contributed by atoms with Crippen molar-refractivity contribution in [2.75, 3.05) is 7.11 Å². The van der Waals surface area contributed by atoms with Crippen LogP contribution in [0.1, 0.15) is 0 Å². The second kappa shape index (κ2) is 3.13. The Hall–Kier alpha value is -0.153. The molecule has 0 amide bonds. The van der Waals surface area contributed by atoms with Gasteiger partial charge in [-0.3, -0.25) is 0 Å². The fourth-order valence-electron chi connectivity index (χ4n) is 0.312. The summed E-state index contributed by atoms with van der Waals surface area (Å²) in [5, 5.41) is 0. The maximum Gasteiger partial charge on any atom is 0.345 e. The van der Waals surface area contributed by atoms with Gasteiger partial charge in [0.25, 0.3) is 5.95 Å². The number of hydrogen-bond acceptors (Lipinski definition) is 2. The van der Waals surface area contributed by atoms with E-state index in [4.69, 9.17) is 15.5 Å². The van der Waals surface area contributed by atoms with Crippen LogP contribution in [0.3, 0.4) is 0 Å². The first kappa shape index (κ1) is 8.85. The Morgan fingerprint density at radius 3 is 2.11 bits per heavy atom. The number of ether oxygens (including phenoxy) is 1. The van der Waals surface area contributed by atoms with E-state index >= 15 is 0 Å². The van der Waals surface area contributed by atoms with E-state index in [1.165, 1.54) is 7.11 Å². The maximum atomic E-state index is 5.78. The molecule has 54 valence electrons. The Kier molecular flexibility index (Phi) is 3.07. The van der Waals surface area contributed by atoms with Crippen molar-refractivity contribution in [3.8, 4) is 0 Å². The van der Waals surface area contributed by atoms with Crippen molar-refractivity contribution in [2.45, 2.75) is 13.1 Å². The van der Waals surface area contributed by atoms with Crippen molar-refractivity contribution in [3.63, 3.8) is 0 Å². The zero-order chi connectivity index (χ0) is 7.49. The van der Waals surface area contributed by atoms with E-state index in [0.29, 0.717) is 5.95 Å². The molecule has 0 saturated heterocycles. The van der Waals surface area contributed by atoms with Crippen LogP contribution in [-0.4, -0.2) is 14.7 Å². The van der Waals surface area contributed by atoms with Crippen LogP contribution in [0.2, 0.25) is 13.1 Å². The summed E-state index contributed by atoms with van der Waals surface area (Å²) in [7, 11) is -0.494. The monoisotopic (exact) mass is 166 g/mol. The minimum absolute atomic E-state index is 0.293. The van der Waals surface area contributed by atoms with E-state index in [9.17, 15) is 0 Å². The van der Waals surface area contributed by atoms with Crippen molar-refractivity contribution < 1.29 is 9.16 Å². The molecule has 0 fully saturated rings. The molecular formula is C5H11ClO2Si. The van der Waals surface area contributed by atoms with Crippen LogP contribution in [0.5, 0.6) is 0 Å². The second-order valence-corrected chi connectivity index (χ2v) is 7.70. The highest BCUT2D eigenvalue weighted by atomic mass is 35.6. The third kappa shape index (κ3) is 5.72. The predicted molar refractivity (Wildman–Crippen MR) is 40.6 cm³/mol. The molecule has 0 heterocycles. The van der Waals surface area contributed by atoms with E-state index < -0.39 is 7.63 Å². The quantitative estimate of drug-likeness (QED) is 0.363. The Morgan fingerprint density at radius 2 is 2.00 bits per heavy atom. The molecule has 0 bridgehead atoms. The normalized spacial score (nSPS) is 10.7. The van der Waals surface area contributed by atoms with E-state index in [1.54, 1.807) is 0 Å². The SMILES string of the molecule is C=C(OC)O[Si](C)(C)Cl. The van der Waals surface area contributed by atoms with Crippen LogP contribution in [0.25, 0.3) is 0 Å². The molecule has 0 unspecified atom stereocenters. The molecule has 0 aromatic carbocycles. The van der Waals surface area contributed by atoms with Gasteiger partial charge < -0.3 is 9.16 Å². The van der Waals surface area contributed by atoms with Gasteiger partial charge >= 0.3 is 7.63 Å². The summed E-state index contributed by atoms with van der Waals surface area (Å²) in [6, 6.07) is 0. The molecule has 0 N–H and O–H groups in total. The van der Waals surface area contributed by atoms with E-state index in [0.717, 1.165) is 0 Å². The van der Waals surface area contributed by atoms with E-state index in [1.807, 2.05) is 13.1 Å². The summed E-state index contributed by atoms with van der Waals surface area (Å²) in [5.74, 6) is 0.293. The fourth-order valence-corrected chi connectivity index (χ4v) is 1.20. The molecule has 0 aliphatic heterocycles. The molecule has 0 spiro atoms. The Labute approximate surface area is 61.2 Å². The highest BCUT2D eigenvalue weighted by Gasteiger charge is 2.20. The maximum absolute atomic E-state index is 5.78. The van der Waals surface area contributed by atoms with Gasteiger partial charge in [0.05, 0.1) is 7.11 Å². The molecule has 0 aromatic rings. The van der Waals surface area contributed by atoms with Crippen molar-refractivity contribution >= 4 is 18.7 Å². The summed E-state index contributed by atoms with van der Waals surface area (Å²) in [6.45, 7) is 7.16. The van der Waals surface area contributed by atoms with Gasteiger partial charge in [-0.15, -0.1) is 11.1 Å². The minimum Gasteiger partial charge on any atom is -0.505 e. The van der Waals surface area contributed by atoms with Crippen molar-refractivity contribution in [2.24, 2.45) is 0 Å². The first-order chi connectivity index (χ1) is 3.95. The molecule has 0 radical (unpaired) electrons. The fraction of sp³-hybridized carbons (Fsp3) is 0.600. The molecule has 2 nitrogen and oxygen atoms in total. The van der Waals surface area contributed by atoms with Crippen molar-refractivity contribution in [1.29, 1.82) is 0 Å². The number of methoxy groups -OCH3 is 1. The molecular weight excluding hydrogens is 156 g/mol. The third-order valence-electron chi connectivity index (χ3n) is 0.584. The van der Waals surface area contributed by atoms with Crippen LogP contribution in [-0.2, 0) is 9.16 Å². The van der Waals surface area contributed by atoms with Gasteiger partial charge in [0.2, 0.25) is 0 Å². The lowest BCUT2D eigenvalue weighted by atomic mass is 11.0. The molecule has 0 aliphatic carbocycles. The van der Waals surface area contributed by atoms with Crippen LogP contribution in [0, 0.1) is 0 Å². The van der Waals surface area contributed by atoms with Crippen LogP contribution >= 0.6 is 11.1 Å². The number of halogens is 1. The molecule has 4 heteroatoms. The average molecular weight is 167 g/mol. The van der Waals surface area contributed by atoms with Crippen LogP contribution < -0.4 is 0 Å². The topological polar surface area (TPSA) is 18.5 Å². The Bertz CT molecular complexity index is 108. The second-order valence-electron chi connectivity index (χ2n) is 2.04. The van der Waals surface area contributed by atoms with Gasteiger partial charge in [0.15, 0.2) is 0 Å². The zero-order valence-corrected chi connectivity index (χ0v) is 7.66. The summed E-state index contributed by atoms with van der Waals surface area (Å²) in [6.07, 6.45) is 0. The predicted octanol–water partition coefficient (Wildman–Crippen LogP) is 2.06. The van der Waals surface area contributed by atoms with E-state index in [2.05, 4.69) is 11.3 Å². The summed E-state index contributed by atoms with van der Waals surface area (Å²) >= 11 is 5.78. The summed E-state index contributed by atoms with van der Waals surface area (Å²) < 4.78 is 9.73. The van der Waals surface area contributed by atoms with Gasteiger partial charge in [-0.25, -0.2) is 0 Å². The zero-order valence-electron chi connectivity index (χ0n) is 5.90. The lowest BCUT2D eigenvalue weighted by Gasteiger charge is -2.16. The van der Waals surface area contributed by atoms with Gasteiger partial charge in [-0.05, 0) is 19.7 Å². The lowest BCUT2D eigenvalue weighted by molar-refractivity contribution is 0.152. The van der Waals surface area contributed by atoms with E-state index in [-0.39, 0.29) is 0 Å². The first-order valence-electron chi connectivity index (χ1n) is 2.56. The van der Waals surface area contributed by atoms with Gasteiger partial charge in [0, 0.05) is 0 Å². The first-order valence-corrected chi connectivity index (χ1v) is 6.48. The minimum atomic E-state index is -1.99. The standard InChI is InChI=1S/C5H11ClO2Si/c1-5(7-2)8-9(3,4)6/h1H2,2-4H3. The van der Waals surface area contributed by atoms with Crippen LogP contribution in [0.4, 0.5) is 0 Å². The largest absolute Gasteiger partial charge is 0.505 e. The molecule has 0 saturated carbocycles. The van der Waals surface area contributed by atoms with Gasteiger partial charge in [-0.2, -0.15) is 0 Å². The summed E-state index contributed by atoms with van der Waals surface area (Å²) in [5.41, 5.74) is 0. The smallest absolute Gasteiger partial charge is 0.345 e. The molecule has 0 rings (SSSR count). The highest BCUT2D eigenvalue weighted by molar-refractivity contribution is 7.15. The molecule has 0 aliphatic rings. The number of rotatable bonds is 3. The average Bonchev–Trinajstić information content (AvgIpc) is 1.62. The van der Waals surface area contributed by atoms with Gasteiger partial charge in [-0.1, -0.05) is 0 Å². The Balaban J connectivity index is 3.60. The Morgan fingerprint density at radius 1 is 1.56 bits per heavy atom. The number of hydrogen-bond donors (Lipinski definition) is 0. The van der Waals surface area contributed by atoms with Gasteiger partial charge in [0.1, 0.15) is 0 Å². The molecule has 9 heavy (non-hydrogen) atoms. The molecule has 0 aromatic heterocycles. The molecule has 0 atom stereocenters.